The van der Waals surface area contributed by atoms with E-state index in [9.17, 15) is 4.79 Å². The molecular formula is C12H14N4OS. The monoisotopic (exact) mass is 262 g/mol. The lowest BCUT2D eigenvalue weighted by Gasteiger charge is -2.04. The van der Waals surface area contributed by atoms with Gasteiger partial charge in [0.05, 0.1) is 0 Å². The lowest BCUT2D eigenvalue weighted by molar-refractivity contribution is -0.114. The summed E-state index contributed by atoms with van der Waals surface area (Å²) >= 11 is 1.45. The fraction of sp³-hybridized carbons (Fsp3) is 0.167. The SMILES string of the molecule is CC(=O)Nc1c(Sc2ccc(C)cc2)n[nH]c1N. The first-order valence-corrected chi connectivity index (χ1v) is 6.24. The molecule has 1 aromatic carbocycles. The zero-order valence-electron chi connectivity index (χ0n) is 10.2. The van der Waals surface area contributed by atoms with Gasteiger partial charge in [-0.25, -0.2) is 0 Å². The van der Waals surface area contributed by atoms with Crippen molar-refractivity contribution in [3.05, 3.63) is 29.8 Å². The number of H-pyrrole nitrogens is 1. The second-order valence-electron chi connectivity index (χ2n) is 3.91. The highest BCUT2D eigenvalue weighted by Gasteiger charge is 2.13. The molecule has 1 amide bonds. The molecule has 0 bridgehead atoms. The molecule has 0 atom stereocenters. The number of benzene rings is 1. The molecule has 18 heavy (non-hydrogen) atoms. The number of rotatable bonds is 3. The number of aryl methyl sites for hydroxylation is 1. The Morgan fingerprint density at radius 1 is 1.39 bits per heavy atom. The Kier molecular flexibility index (Phi) is 3.57. The fourth-order valence-electron chi connectivity index (χ4n) is 1.43. The third-order valence-electron chi connectivity index (χ3n) is 2.30. The standard InChI is InChI=1S/C12H14N4OS/c1-7-3-5-9(6-4-7)18-12-10(14-8(2)17)11(13)15-16-12/h3-6H,1-2H3,(H,14,17)(H3,13,15,16). The molecule has 0 spiro atoms. The molecule has 1 heterocycles. The Balaban J connectivity index is 2.23. The summed E-state index contributed by atoms with van der Waals surface area (Å²) in [5, 5.41) is 10.1. The van der Waals surface area contributed by atoms with Crippen molar-refractivity contribution < 1.29 is 4.79 Å². The highest BCUT2D eigenvalue weighted by atomic mass is 32.2. The van der Waals surface area contributed by atoms with Crippen LogP contribution in [-0.4, -0.2) is 16.1 Å². The van der Waals surface area contributed by atoms with Crippen LogP contribution in [0.3, 0.4) is 0 Å². The minimum absolute atomic E-state index is 0.172. The maximum Gasteiger partial charge on any atom is 0.221 e. The molecule has 0 saturated carbocycles. The van der Waals surface area contributed by atoms with E-state index in [1.807, 2.05) is 31.2 Å². The zero-order valence-corrected chi connectivity index (χ0v) is 11.0. The predicted molar refractivity (Wildman–Crippen MR) is 72.6 cm³/mol. The average Bonchev–Trinajstić information content (AvgIpc) is 2.64. The molecule has 0 radical (unpaired) electrons. The maximum absolute atomic E-state index is 11.1. The molecule has 0 fully saturated rings. The number of nitrogen functional groups attached to an aromatic ring is 1. The van der Waals surface area contributed by atoms with Crippen molar-refractivity contribution in [1.82, 2.24) is 10.2 Å². The summed E-state index contributed by atoms with van der Waals surface area (Å²) in [6, 6.07) is 8.05. The Bertz CT molecular complexity index is 562. The third-order valence-corrected chi connectivity index (χ3v) is 3.29. The number of nitrogens with two attached hydrogens (primary N) is 1. The van der Waals surface area contributed by atoms with E-state index >= 15 is 0 Å². The van der Waals surface area contributed by atoms with Crippen molar-refractivity contribution in [2.45, 2.75) is 23.8 Å². The summed E-state index contributed by atoms with van der Waals surface area (Å²) in [6.07, 6.45) is 0. The van der Waals surface area contributed by atoms with Crippen LogP contribution < -0.4 is 11.1 Å². The normalized spacial score (nSPS) is 10.3. The largest absolute Gasteiger partial charge is 0.382 e. The number of amides is 1. The first-order chi connectivity index (χ1) is 8.56. The van der Waals surface area contributed by atoms with Crippen LogP contribution in [0.1, 0.15) is 12.5 Å². The van der Waals surface area contributed by atoms with E-state index in [1.165, 1.54) is 24.2 Å². The van der Waals surface area contributed by atoms with Crippen LogP contribution in [0.2, 0.25) is 0 Å². The van der Waals surface area contributed by atoms with E-state index in [1.54, 1.807) is 0 Å². The van der Waals surface area contributed by atoms with Crippen molar-refractivity contribution in [2.24, 2.45) is 0 Å². The third kappa shape index (κ3) is 2.84. The zero-order chi connectivity index (χ0) is 13.1. The van der Waals surface area contributed by atoms with E-state index in [0.29, 0.717) is 16.5 Å². The number of anilines is 2. The summed E-state index contributed by atoms with van der Waals surface area (Å²) in [6.45, 7) is 3.47. The number of carbonyl (C=O) groups excluding carboxylic acids is 1. The molecule has 5 nitrogen and oxygen atoms in total. The number of hydrogen-bond donors (Lipinski definition) is 3. The van der Waals surface area contributed by atoms with Crippen LogP contribution in [0.25, 0.3) is 0 Å². The van der Waals surface area contributed by atoms with Crippen molar-refractivity contribution in [3.63, 3.8) is 0 Å². The van der Waals surface area contributed by atoms with E-state index < -0.39 is 0 Å². The van der Waals surface area contributed by atoms with E-state index in [4.69, 9.17) is 5.73 Å². The summed E-state index contributed by atoms with van der Waals surface area (Å²) in [5.74, 6) is 0.189. The number of aromatic amines is 1. The van der Waals surface area contributed by atoms with Gasteiger partial charge in [-0.05, 0) is 19.1 Å². The van der Waals surface area contributed by atoms with E-state index in [-0.39, 0.29) is 5.91 Å². The van der Waals surface area contributed by atoms with Crippen LogP contribution in [0.15, 0.2) is 34.2 Å². The van der Waals surface area contributed by atoms with E-state index in [0.717, 1.165) is 4.90 Å². The minimum Gasteiger partial charge on any atom is -0.382 e. The summed E-state index contributed by atoms with van der Waals surface area (Å²) in [5.41, 5.74) is 7.45. The van der Waals surface area contributed by atoms with Crippen molar-refractivity contribution in [1.29, 1.82) is 0 Å². The molecule has 94 valence electrons. The second-order valence-corrected chi connectivity index (χ2v) is 4.98. The van der Waals surface area contributed by atoms with Gasteiger partial charge in [-0.15, -0.1) is 0 Å². The molecule has 0 unspecified atom stereocenters. The van der Waals surface area contributed by atoms with Gasteiger partial charge in [0.15, 0.2) is 0 Å². The molecule has 1 aromatic heterocycles. The lowest BCUT2D eigenvalue weighted by Crippen LogP contribution is -2.07. The van der Waals surface area contributed by atoms with Crippen LogP contribution in [0, 0.1) is 6.92 Å². The van der Waals surface area contributed by atoms with Gasteiger partial charge in [-0.1, -0.05) is 29.5 Å². The fourth-order valence-corrected chi connectivity index (χ4v) is 2.28. The van der Waals surface area contributed by atoms with Crippen molar-refractivity contribution >= 4 is 29.2 Å². The molecular weight excluding hydrogens is 248 g/mol. The topological polar surface area (TPSA) is 83.8 Å². The molecule has 6 heteroatoms. The molecule has 2 aromatic rings. The lowest BCUT2D eigenvalue weighted by atomic mass is 10.2. The van der Waals surface area contributed by atoms with Gasteiger partial charge in [-0.2, -0.15) is 5.10 Å². The van der Waals surface area contributed by atoms with Gasteiger partial charge in [-0.3, -0.25) is 9.89 Å². The van der Waals surface area contributed by atoms with Crippen molar-refractivity contribution in [3.8, 4) is 0 Å². The number of nitrogens with one attached hydrogen (secondary N) is 2. The minimum atomic E-state index is -0.172. The van der Waals surface area contributed by atoms with Gasteiger partial charge < -0.3 is 11.1 Å². The Morgan fingerprint density at radius 3 is 2.67 bits per heavy atom. The highest BCUT2D eigenvalue weighted by Crippen LogP contribution is 2.34. The summed E-state index contributed by atoms with van der Waals surface area (Å²) in [7, 11) is 0. The smallest absolute Gasteiger partial charge is 0.221 e. The van der Waals surface area contributed by atoms with E-state index in [2.05, 4.69) is 15.5 Å². The quantitative estimate of drug-likeness (QED) is 0.793. The maximum atomic E-state index is 11.1. The van der Waals surface area contributed by atoms with Crippen LogP contribution >= 0.6 is 11.8 Å². The Morgan fingerprint density at radius 2 is 2.06 bits per heavy atom. The molecule has 0 aliphatic heterocycles. The highest BCUT2D eigenvalue weighted by molar-refractivity contribution is 7.99. The summed E-state index contributed by atoms with van der Waals surface area (Å²) < 4.78 is 0. The molecule has 0 aliphatic rings. The first kappa shape index (κ1) is 12.5. The van der Waals surface area contributed by atoms with Gasteiger partial charge in [0.25, 0.3) is 0 Å². The summed E-state index contributed by atoms with van der Waals surface area (Å²) in [4.78, 5) is 12.1. The second kappa shape index (κ2) is 5.14. The number of nitrogens with zero attached hydrogens (tertiary/aromatic N) is 1. The number of carbonyl (C=O) groups is 1. The van der Waals surface area contributed by atoms with Crippen LogP contribution in [-0.2, 0) is 4.79 Å². The first-order valence-electron chi connectivity index (χ1n) is 5.42. The van der Waals surface area contributed by atoms with Gasteiger partial charge in [0.1, 0.15) is 16.5 Å². The Hall–Kier alpha value is -1.95. The molecule has 4 N–H and O–H groups in total. The Labute approximate surface area is 109 Å². The van der Waals surface area contributed by atoms with Crippen LogP contribution in [0.4, 0.5) is 11.5 Å². The average molecular weight is 262 g/mol. The number of aromatic nitrogens is 2. The van der Waals surface area contributed by atoms with Crippen molar-refractivity contribution in [2.75, 3.05) is 11.1 Å². The number of hydrogen-bond acceptors (Lipinski definition) is 4. The predicted octanol–water partition coefficient (Wildman–Crippen LogP) is 2.41. The van der Waals surface area contributed by atoms with Gasteiger partial charge in [0, 0.05) is 11.8 Å². The molecule has 0 aliphatic carbocycles. The van der Waals surface area contributed by atoms with Gasteiger partial charge in [0.2, 0.25) is 5.91 Å². The molecule has 2 rings (SSSR count). The van der Waals surface area contributed by atoms with Crippen LogP contribution in [0.5, 0.6) is 0 Å². The van der Waals surface area contributed by atoms with Gasteiger partial charge >= 0.3 is 0 Å². The molecule has 0 saturated heterocycles.